The largest absolute Gasteiger partial charge is 0.330 e. The number of hydrogen-bond donors (Lipinski definition) is 4. The first-order chi connectivity index (χ1) is 8.62. The summed E-state index contributed by atoms with van der Waals surface area (Å²) < 4.78 is 0. The highest BCUT2D eigenvalue weighted by Gasteiger charge is 2.18. The van der Waals surface area contributed by atoms with Crippen LogP contribution in [0.3, 0.4) is 0 Å². The molecule has 0 aliphatic carbocycles. The zero-order valence-corrected chi connectivity index (χ0v) is 13.4. The molecule has 0 aromatic carbocycles. The van der Waals surface area contributed by atoms with E-state index in [9.17, 15) is 0 Å². The Morgan fingerprint density at radius 3 is 1.72 bits per heavy atom. The van der Waals surface area contributed by atoms with Crippen LogP contribution in [0.25, 0.3) is 0 Å². The number of nitrogens with one attached hydrogen (secondary N) is 2. The van der Waals surface area contributed by atoms with Gasteiger partial charge in [0.15, 0.2) is 0 Å². The fraction of sp³-hybridized carbons (Fsp3) is 1.00. The standard InChI is InChI=1S/C13H34N4Si/c1-18(2,13-11-17-9-5-7-15)12-10-16-8-4-3-6-14/h16-17H,3-15H2,1-2H3. The summed E-state index contributed by atoms with van der Waals surface area (Å²) in [6.45, 7) is 11.1. The summed E-state index contributed by atoms with van der Waals surface area (Å²) in [7, 11) is -1.01. The van der Waals surface area contributed by atoms with Crippen LogP contribution in [-0.4, -0.2) is 47.3 Å². The number of nitrogens with two attached hydrogens (primary N) is 2. The van der Waals surface area contributed by atoms with Gasteiger partial charge in [0.1, 0.15) is 0 Å². The van der Waals surface area contributed by atoms with Crippen molar-refractivity contribution in [1.82, 2.24) is 10.6 Å². The van der Waals surface area contributed by atoms with Gasteiger partial charge in [-0.1, -0.05) is 13.1 Å². The molecule has 0 unspecified atom stereocenters. The molecule has 0 aromatic rings. The fourth-order valence-electron chi connectivity index (χ4n) is 1.85. The lowest BCUT2D eigenvalue weighted by Crippen LogP contribution is -2.34. The van der Waals surface area contributed by atoms with E-state index in [4.69, 9.17) is 11.5 Å². The summed E-state index contributed by atoms with van der Waals surface area (Å²) in [6, 6.07) is 2.73. The highest BCUT2D eigenvalue weighted by molar-refractivity contribution is 6.77. The van der Waals surface area contributed by atoms with Crippen molar-refractivity contribution < 1.29 is 0 Å². The van der Waals surface area contributed by atoms with Crippen LogP contribution >= 0.6 is 0 Å². The van der Waals surface area contributed by atoms with Crippen LogP contribution in [-0.2, 0) is 0 Å². The summed E-state index contributed by atoms with van der Waals surface area (Å²) >= 11 is 0. The van der Waals surface area contributed by atoms with E-state index in [0.29, 0.717) is 0 Å². The van der Waals surface area contributed by atoms with E-state index in [-0.39, 0.29) is 0 Å². The van der Waals surface area contributed by atoms with E-state index < -0.39 is 8.07 Å². The quantitative estimate of drug-likeness (QED) is 0.298. The van der Waals surface area contributed by atoms with Crippen LogP contribution in [0.4, 0.5) is 0 Å². The van der Waals surface area contributed by atoms with Crippen LogP contribution < -0.4 is 22.1 Å². The zero-order chi connectivity index (χ0) is 13.7. The maximum Gasteiger partial charge on any atom is 0.0498 e. The molecule has 0 aliphatic rings. The summed E-state index contributed by atoms with van der Waals surface area (Å²) in [4.78, 5) is 0. The maximum atomic E-state index is 5.47. The van der Waals surface area contributed by atoms with Gasteiger partial charge < -0.3 is 22.1 Å². The molecule has 4 nitrogen and oxygen atoms in total. The minimum absolute atomic E-state index is 0.792. The Hall–Kier alpha value is 0.0569. The van der Waals surface area contributed by atoms with Gasteiger partial charge in [0, 0.05) is 8.07 Å². The van der Waals surface area contributed by atoms with Gasteiger partial charge in [-0.25, -0.2) is 0 Å². The second kappa shape index (κ2) is 12.1. The van der Waals surface area contributed by atoms with Crippen LogP contribution in [0.1, 0.15) is 19.3 Å². The minimum Gasteiger partial charge on any atom is -0.330 e. The van der Waals surface area contributed by atoms with Crippen LogP contribution in [0, 0.1) is 0 Å². The molecule has 0 radical (unpaired) electrons. The molecular weight excluding hydrogens is 240 g/mol. The fourth-order valence-corrected chi connectivity index (χ4v) is 3.81. The van der Waals surface area contributed by atoms with Crippen LogP contribution in [0.2, 0.25) is 25.2 Å². The predicted octanol–water partition coefficient (Wildman–Crippen LogP) is 0.962. The molecule has 0 rings (SSSR count). The van der Waals surface area contributed by atoms with Crippen molar-refractivity contribution in [3.8, 4) is 0 Å². The van der Waals surface area contributed by atoms with Crippen molar-refractivity contribution in [2.24, 2.45) is 11.5 Å². The van der Waals surface area contributed by atoms with Crippen LogP contribution in [0.15, 0.2) is 0 Å². The monoisotopic (exact) mass is 274 g/mol. The lowest BCUT2D eigenvalue weighted by Gasteiger charge is -2.22. The molecule has 0 saturated heterocycles. The van der Waals surface area contributed by atoms with Gasteiger partial charge in [0.2, 0.25) is 0 Å². The summed E-state index contributed by atoms with van der Waals surface area (Å²) in [5.41, 5.74) is 10.9. The lowest BCUT2D eigenvalue weighted by atomic mass is 10.3. The first kappa shape index (κ1) is 18.1. The van der Waals surface area contributed by atoms with E-state index in [1.807, 2.05) is 0 Å². The van der Waals surface area contributed by atoms with Crippen molar-refractivity contribution >= 4 is 8.07 Å². The third kappa shape index (κ3) is 12.5. The molecule has 0 aliphatic heterocycles. The molecule has 6 N–H and O–H groups in total. The second-order valence-corrected chi connectivity index (χ2v) is 11.1. The summed E-state index contributed by atoms with van der Waals surface area (Å²) in [6.07, 6.45) is 3.43. The van der Waals surface area contributed by atoms with Gasteiger partial charge in [-0.05, 0) is 70.6 Å². The molecule has 0 aromatic heterocycles. The van der Waals surface area contributed by atoms with Crippen LogP contribution in [0.5, 0.6) is 0 Å². The molecule has 0 saturated carbocycles. The highest BCUT2D eigenvalue weighted by atomic mass is 28.3. The maximum absolute atomic E-state index is 5.47. The van der Waals surface area contributed by atoms with Gasteiger partial charge in [0.25, 0.3) is 0 Å². The Kier molecular flexibility index (Phi) is 12.1. The number of rotatable bonds is 13. The summed E-state index contributed by atoms with van der Waals surface area (Å²) in [5.74, 6) is 0. The molecule has 5 heteroatoms. The summed E-state index contributed by atoms with van der Waals surface area (Å²) in [5, 5.41) is 7.01. The van der Waals surface area contributed by atoms with Crippen molar-refractivity contribution in [3.05, 3.63) is 0 Å². The van der Waals surface area contributed by atoms with Gasteiger partial charge in [-0.3, -0.25) is 0 Å². The Bertz CT molecular complexity index is 176. The van der Waals surface area contributed by atoms with E-state index in [2.05, 4.69) is 23.7 Å². The van der Waals surface area contributed by atoms with Gasteiger partial charge in [-0.2, -0.15) is 0 Å². The van der Waals surface area contributed by atoms with Crippen molar-refractivity contribution in [3.63, 3.8) is 0 Å². The first-order valence-corrected chi connectivity index (χ1v) is 10.9. The van der Waals surface area contributed by atoms with Crippen molar-refractivity contribution in [2.75, 3.05) is 39.3 Å². The van der Waals surface area contributed by atoms with Gasteiger partial charge in [-0.15, -0.1) is 0 Å². The highest BCUT2D eigenvalue weighted by Crippen LogP contribution is 2.13. The first-order valence-electron chi connectivity index (χ1n) is 7.44. The molecule has 18 heavy (non-hydrogen) atoms. The van der Waals surface area contributed by atoms with Gasteiger partial charge >= 0.3 is 0 Å². The third-order valence-corrected chi connectivity index (χ3v) is 6.53. The van der Waals surface area contributed by atoms with E-state index in [1.54, 1.807) is 0 Å². The smallest absolute Gasteiger partial charge is 0.0498 e. The SMILES string of the molecule is C[Si](C)(CCNCCCN)CCNCCCCN. The normalized spacial score (nSPS) is 12.0. The van der Waals surface area contributed by atoms with E-state index >= 15 is 0 Å². The molecule has 0 atom stereocenters. The van der Waals surface area contributed by atoms with Crippen molar-refractivity contribution in [2.45, 2.75) is 44.4 Å². The topological polar surface area (TPSA) is 76.1 Å². The predicted molar refractivity (Wildman–Crippen MR) is 84.8 cm³/mol. The van der Waals surface area contributed by atoms with E-state index in [0.717, 1.165) is 45.6 Å². The Balaban J connectivity index is 3.37. The molecule has 0 amide bonds. The number of unbranched alkanes of at least 4 members (excludes halogenated alkanes) is 1. The van der Waals surface area contributed by atoms with Crippen molar-refractivity contribution in [1.29, 1.82) is 0 Å². The molecule has 0 fully saturated rings. The molecular formula is C13H34N4Si. The average molecular weight is 275 g/mol. The Morgan fingerprint density at radius 2 is 1.22 bits per heavy atom. The molecule has 0 spiro atoms. The second-order valence-electron chi connectivity index (χ2n) is 5.80. The zero-order valence-electron chi connectivity index (χ0n) is 12.4. The molecule has 0 heterocycles. The average Bonchev–Trinajstić information content (AvgIpc) is 2.33. The molecule has 110 valence electrons. The minimum atomic E-state index is -1.01. The van der Waals surface area contributed by atoms with E-state index in [1.165, 1.54) is 25.1 Å². The molecule has 0 bridgehead atoms. The Morgan fingerprint density at radius 1 is 0.722 bits per heavy atom. The van der Waals surface area contributed by atoms with Gasteiger partial charge in [0.05, 0.1) is 0 Å². The number of hydrogen-bond acceptors (Lipinski definition) is 4. The Labute approximate surface area is 114 Å². The third-order valence-electron chi connectivity index (χ3n) is 3.32. The lowest BCUT2D eigenvalue weighted by molar-refractivity contribution is 0.641.